The van der Waals surface area contributed by atoms with Crippen LogP contribution in [-0.2, 0) is 6.54 Å². The van der Waals surface area contributed by atoms with Gasteiger partial charge < -0.3 is 15.1 Å². The van der Waals surface area contributed by atoms with Gasteiger partial charge in [-0.25, -0.2) is 9.98 Å². The predicted molar refractivity (Wildman–Crippen MR) is 86.3 cm³/mol. The molecule has 0 bridgehead atoms. The van der Waals surface area contributed by atoms with Gasteiger partial charge in [-0.3, -0.25) is 0 Å². The number of nitrogens with zero attached hydrogens (tertiary/aromatic N) is 2. The summed E-state index contributed by atoms with van der Waals surface area (Å²) in [6, 6.07) is 8.24. The molecule has 1 aromatic heterocycles. The second-order valence-electron chi connectivity index (χ2n) is 6.02. The molecule has 22 heavy (non-hydrogen) atoms. The minimum Gasteiger partial charge on any atom is -0.447 e. The molecule has 5 nitrogen and oxygen atoms in total. The lowest BCUT2D eigenvalue weighted by molar-refractivity contribution is 0.393. The van der Waals surface area contributed by atoms with E-state index in [0.29, 0.717) is 12.4 Å². The van der Waals surface area contributed by atoms with Crippen LogP contribution >= 0.6 is 0 Å². The van der Waals surface area contributed by atoms with Crippen molar-refractivity contribution in [3.05, 3.63) is 42.6 Å². The molecule has 2 aliphatic rings. The first-order chi connectivity index (χ1) is 10.9. The maximum absolute atomic E-state index is 5.32. The van der Waals surface area contributed by atoms with Crippen LogP contribution in [0.5, 0.6) is 0 Å². The maximum Gasteiger partial charge on any atom is 0.213 e. The van der Waals surface area contributed by atoms with E-state index in [1.165, 1.54) is 19.3 Å². The quantitative estimate of drug-likeness (QED) is 0.888. The zero-order chi connectivity index (χ0) is 14.8. The van der Waals surface area contributed by atoms with Gasteiger partial charge in [-0.05, 0) is 25.0 Å². The van der Waals surface area contributed by atoms with Crippen LogP contribution in [0.15, 0.2) is 46.1 Å². The third-order valence-corrected chi connectivity index (χ3v) is 4.56. The summed E-state index contributed by atoms with van der Waals surface area (Å²) in [5, 5.41) is 7.20. The largest absolute Gasteiger partial charge is 0.447 e. The highest BCUT2D eigenvalue weighted by Gasteiger charge is 2.40. The molecule has 0 atom stereocenters. The van der Waals surface area contributed by atoms with Crippen molar-refractivity contribution in [2.75, 3.05) is 5.32 Å². The Hall–Kier alpha value is -2.30. The van der Waals surface area contributed by atoms with Gasteiger partial charge in [0.1, 0.15) is 12.1 Å². The summed E-state index contributed by atoms with van der Waals surface area (Å²) in [4.78, 5) is 9.07. The van der Waals surface area contributed by atoms with Crippen LogP contribution in [0.25, 0.3) is 0 Å². The minimum atomic E-state index is -0.0702. The van der Waals surface area contributed by atoms with Crippen molar-refractivity contribution in [1.29, 1.82) is 0 Å². The zero-order valence-electron chi connectivity index (χ0n) is 12.5. The van der Waals surface area contributed by atoms with Crippen molar-refractivity contribution in [2.24, 2.45) is 4.99 Å². The fourth-order valence-corrected chi connectivity index (χ4v) is 3.45. The highest BCUT2D eigenvalue weighted by atomic mass is 16.3. The number of amidine groups is 1. The Labute approximate surface area is 129 Å². The van der Waals surface area contributed by atoms with E-state index < -0.39 is 0 Å². The predicted octanol–water partition coefficient (Wildman–Crippen LogP) is 3.62. The molecule has 1 aliphatic heterocycles. The molecule has 0 saturated heterocycles. The van der Waals surface area contributed by atoms with Crippen LogP contribution in [0.1, 0.15) is 38.0 Å². The average molecular weight is 296 g/mol. The van der Waals surface area contributed by atoms with E-state index in [9.17, 15) is 0 Å². The number of hydrogen-bond donors (Lipinski definition) is 2. The number of fused-ring (bicyclic) bond motifs is 1. The molecule has 1 fully saturated rings. The molecule has 5 heteroatoms. The number of oxazole rings is 1. The Kier molecular flexibility index (Phi) is 3.33. The molecule has 114 valence electrons. The second-order valence-corrected chi connectivity index (χ2v) is 6.02. The number of para-hydroxylation sites is 2. The Balaban J connectivity index is 1.65. The van der Waals surface area contributed by atoms with E-state index in [2.05, 4.69) is 27.8 Å². The van der Waals surface area contributed by atoms with Crippen molar-refractivity contribution < 1.29 is 4.42 Å². The molecule has 2 N–H and O–H groups in total. The number of nitrogens with one attached hydrogen (secondary N) is 2. The minimum absolute atomic E-state index is 0.0702. The molecule has 2 aromatic rings. The highest BCUT2D eigenvalue weighted by molar-refractivity contribution is 6.00. The molecule has 4 rings (SSSR count). The van der Waals surface area contributed by atoms with Crippen molar-refractivity contribution >= 4 is 17.2 Å². The average Bonchev–Trinajstić information content (AvgIpc) is 3.07. The molecule has 0 unspecified atom stereocenters. The number of rotatable bonds is 2. The number of benzene rings is 1. The lowest BCUT2D eigenvalue weighted by Crippen LogP contribution is -2.54. The maximum atomic E-state index is 5.32. The number of aromatic nitrogens is 1. The number of hydrogen-bond acceptors (Lipinski definition) is 5. The van der Waals surface area contributed by atoms with Crippen molar-refractivity contribution in [1.82, 2.24) is 10.3 Å². The van der Waals surface area contributed by atoms with Crippen molar-refractivity contribution in [2.45, 2.75) is 44.2 Å². The first kappa shape index (κ1) is 13.4. The first-order valence-electron chi connectivity index (χ1n) is 7.94. The van der Waals surface area contributed by atoms with Crippen LogP contribution in [0, 0.1) is 0 Å². The lowest BCUT2D eigenvalue weighted by Gasteiger charge is -2.42. The van der Waals surface area contributed by atoms with Crippen LogP contribution in [0.4, 0.5) is 11.4 Å². The van der Waals surface area contributed by atoms with Gasteiger partial charge in [0.05, 0.1) is 29.7 Å². The third-order valence-electron chi connectivity index (χ3n) is 4.56. The van der Waals surface area contributed by atoms with Gasteiger partial charge in [0.2, 0.25) is 5.89 Å². The van der Waals surface area contributed by atoms with E-state index in [-0.39, 0.29) is 5.54 Å². The van der Waals surface area contributed by atoms with Gasteiger partial charge in [-0.2, -0.15) is 0 Å². The summed E-state index contributed by atoms with van der Waals surface area (Å²) in [6.07, 6.45) is 9.26. The third kappa shape index (κ3) is 2.36. The van der Waals surface area contributed by atoms with Crippen molar-refractivity contribution in [3.8, 4) is 0 Å². The molecule has 1 aromatic carbocycles. The lowest BCUT2D eigenvalue weighted by atomic mass is 9.79. The fraction of sp³-hybridized carbons (Fsp3) is 0.412. The zero-order valence-corrected chi connectivity index (χ0v) is 12.5. The normalized spacial score (nSPS) is 19.2. The molecular formula is C17H20N4O. The molecule has 1 spiro atoms. The van der Waals surface area contributed by atoms with Gasteiger partial charge >= 0.3 is 0 Å². The van der Waals surface area contributed by atoms with Crippen LogP contribution in [0.3, 0.4) is 0 Å². The van der Waals surface area contributed by atoms with Crippen LogP contribution in [-0.4, -0.2) is 16.4 Å². The number of aliphatic imine (C=N–C) groups is 1. The van der Waals surface area contributed by atoms with Gasteiger partial charge in [-0.1, -0.05) is 31.4 Å². The van der Waals surface area contributed by atoms with E-state index in [4.69, 9.17) is 9.41 Å². The molecule has 1 aliphatic carbocycles. The van der Waals surface area contributed by atoms with Gasteiger partial charge in [0.15, 0.2) is 0 Å². The van der Waals surface area contributed by atoms with Crippen LogP contribution < -0.4 is 10.6 Å². The van der Waals surface area contributed by atoms with Gasteiger partial charge in [-0.15, -0.1) is 0 Å². The summed E-state index contributed by atoms with van der Waals surface area (Å²) in [6.45, 7) is 0.567. The molecule has 0 amide bonds. The topological polar surface area (TPSA) is 62.5 Å². The van der Waals surface area contributed by atoms with Crippen LogP contribution in [0.2, 0.25) is 0 Å². The fourth-order valence-electron chi connectivity index (χ4n) is 3.45. The second kappa shape index (κ2) is 5.48. The van der Waals surface area contributed by atoms with E-state index >= 15 is 0 Å². The van der Waals surface area contributed by atoms with E-state index in [0.717, 1.165) is 30.1 Å². The Bertz CT molecular complexity index is 672. The summed E-state index contributed by atoms with van der Waals surface area (Å²) >= 11 is 0. The molecular weight excluding hydrogens is 276 g/mol. The van der Waals surface area contributed by atoms with E-state index in [1.807, 2.05) is 12.1 Å². The monoisotopic (exact) mass is 296 g/mol. The standard InChI is InChI=1S/C17H20N4O/c1-4-8-17(9-5-1)16(19-12-15-18-10-11-22-15)20-13-6-2-3-7-14(13)21-17/h2-3,6-7,10-11,21H,1,4-5,8-9,12H2,(H,19,20). The summed E-state index contributed by atoms with van der Waals surface area (Å²) in [5.41, 5.74) is 2.05. The van der Waals surface area contributed by atoms with Gasteiger partial charge in [0, 0.05) is 0 Å². The Morgan fingerprint density at radius 3 is 2.86 bits per heavy atom. The van der Waals surface area contributed by atoms with Gasteiger partial charge in [0.25, 0.3) is 0 Å². The Morgan fingerprint density at radius 2 is 2.05 bits per heavy atom. The molecule has 2 heterocycles. The SMILES string of the molecule is c1ccc2c(c1)N=C(NCc1ncco1)C1(CCCCC1)N2. The van der Waals surface area contributed by atoms with Crippen molar-refractivity contribution in [3.63, 3.8) is 0 Å². The summed E-state index contributed by atoms with van der Waals surface area (Å²) < 4.78 is 5.32. The Morgan fingerprint density at radius 1 is 1.18 bits per heavy atom. The molecule has 1 saturated carbocycles. The first-order valence-corrected chi connectivity index (χ1v) is 7.94. The highest BCUT2D eigenvalue weighted by Crippen LogP contribution is 2.40. The number of anilines is 1. The molecule has 0 radical (unpaired) electrons. The summed E-state index contributed by atoms with van der Waals surface area (Å²) in [5.74, 6) is 1.71. The smallest absolute Gasteiger partial charge is 0.213 e. The summed E-state index contributed by atoms with van der Waals surface area (Å²) in [7, 11) is 0. The van der Waals surface area contributed by atoms with E-state index in [1.54, 1.807) is 12.5 Å².